The van der Waals surface area contributed by atoms with Crippen LogP contribution in [0.3, 0.4) is 0 Å². The van der Waals surface area contributed by atoms with Crippen LogP contribution in [0, 0.1) is 5.92 Å². The third-order valence-corrected chi connectivity index (χ3v) is 6.09. The highest BCUT2D eigenvalue weighted by molar-refractivity contribution is 5.90. The van der Waals surface area contributed by atoms with Crippen LogP contribution in [0.4, 0.5) is 4.79 Å². The number of nitrogens with one attached hydrogen (secondary N) is 2. The minimum Gasteiger partial charge on any atom is -0.459 e. The summed E-state index contributed by atoms with van der Waals surface area (Å²) in [6.45, 7) is 3.98. The summed E-state index contributed by atoms with van der Waals surface area (Å²) in [4.78, 5) is 38.9. The Labute approximate surface area is 218 Å². The van der Waals surface area contributed by atoms with Crippen molar-refractivity contribution >= 4 is 18.0 Å². The molecular weight excluding hydrogens is 468 g/mol. The van der Waals surface area contributed by atoms with Gasteiger partial charge in [0.15, 0.2) is 0 Å². The smallest absolute Gasteiger partial charge is 0.408 e. The van der Waals surface area contributed by atoms with Gasteiger partial charge >= 0.3 is 12.1 Å². The van der Waals surface area contributed by atoms with E-state index in [4.69, 9.17) is 9.47 Å². The number of benzene rings is 3. The molecular formula is C30H34N2O5. The number of ether oxygens (including phenoxy) is 2. The Balaban J connectivity index is 1.67. The lowest BCUT2D eigenvalue weighted by atomic mass is 9.97. The fraction of sp³-hybridized carbons (Fsp3) is 0.300. The zero-order valence-electron chi connectivity index (χ0n) is 21.3. The third kappa shape index (κ3) is 9.11. The van der Waals surface area contributed by atoms with Crippen LogP contribution in [0.25, 0.3) is 0 Å². The summed E-state index contributed by atoms with van der Waals surface area (Å²) in [5, 5.41) is 5.49. The lowest BCUT2D eigenvalue weighted by molar-refractivity contribution is -0.149. The van der Waals surface area contributed by atoms with E-state index in [9.17, 15) is 14.4 Å². The second kappa shape index (κ2) is 14.4. The predicted molar refractivity (Wildman–Crippen MR) is 141 cm³/mol. The highest BCUT2D eigenvalue weighted by Crippen LogP contribution is 2.12. The minimum absolute atomic E-state index is 0.0873. The van der Waals surface area contributed by atoms with E-state index in [1.54, 1.807) is 0 Å². The molecule has 3 rings (SSSR count). The summed E-state index contributed by atoms with van der Waals surface area (Å²) in [5.41, 5.74) is 2.56. The van der Waals surface area contributed by atoms with Gasteiger partial charge in [-0.05, 0) is 22.6 Å². The van der Waals surface area contributed by atoms with Gasteiger partial charge in [0.1, 0.15) is 25.3 Å². The number of alkyl carbamates (subject to hydrolysis) is 1. The van der Waals surface area contributed by atoms with E-state index in [0.717, 1.165) is 16.7 Å². The molecule has 2 N–H and O–H groups in total. The van der Waals surface area contributed by atoms with Crippen LogP contribution < -0.4 is 10.6 Å². The summed E-state index contributed by atoms with van der Waals surface area (Å²) in [5.74, 6) is -1.21. The molecule has 3 aromatic carbocycles. The Morgan fingerprint density at radius 2 is 1.19 bits per heavy atom. The Morgan fingerprint density at radius 1 is 0.703 bits per heavy atom. The molecule has 0 saturated carbocycles. The largest absolute Gasteiger partial charge is 0.459 e. The molecule has 0 aliphatic carbocycles. The average molecular weight is 503 g/mol. The first kappa shape index (κ1) is 27.5. The topological polar surface area (TPSA) is 93.7 Å². The molecule has 0 radical (unpaired) electrons. The second-order valence-corrected chi connectivity index (χ2v) is 8.91. The van der Waals surface area contributed by atoms with Crippen molar-refractivity contribution in [1.29, 1.82) is 0 Å². The molecule has 0 aliphatic rings. The number of amides is 2. The van der Waals surface area contributed by atoms with Crippen LogP contribution in [-0.4, -0.2) is 30.1 Å². The van der Waals surface area contributed by atoms with Crippen molar-refractivity contribution in [2.45, 2.75) is 52.0 Å². The Kier molecular flexibility index (Phi) is 10.7. The van der Waals surface area contributed by atoms with E-state index in [0.29, 0.717) is 6.42 Å². The highest BCUT2D eigenvalue weighted by Gasteiger charge is 2.31. The van der Waals surface area contributed by atoms with Crippen molar-refractivity contribution in [3.8, 4) is 0 Å². The monoisotopic (exact) mass is 502 g/mol. The first-order chi connectivity index (χ1) is 18.0. The number of hydrogen-bond donors (Lipinski definition) is 2. The summed E-state index contributed by atoms with van der Waals surface area (Å²) in [7, 11) is 0. The van der Waals surface area contributed by atoms with Gasteiger partial charge in [0, 0.05) is 6.42 Å². The maximum Gasteiger partial charge on any atom is 0.408 e. The lowest BCUT2D eigenvalue weighted by Gasteiger charge is -2.26. The number of carbonyl (C=O) groups is 3. The molecule has 0 heterocycles. The van der Waals surface area contributed by atoms with Crippen LogP contribution in [0.2, 0.25) is 0 Å². The van der Waals surface area contributed by atoms with Crippen LogP contribution in [-0.2, 0) is 38.7 Å². The third-order valence-electron chi connectivity index (χ3n) is 6.09. The van der Waals surface area contributed by atoms with Crippen LogP contribution >= 0.6 is 0 Å². The SMILES string of the molecule is CC[C@@H](C)[C@H](NC(=O)OCc1ccccc1)C(=O)N[C@@H](Cc1ccccc1)C(=O)OCc1ccccc1. The molecule has 7 heteroatoms. The Bertz CT molecular complexity index is 1120. The predicted octanol–water partition coefficient (Wildman–Crippen LogP) is 4.80. The van der Waals surface area contributed by atoms with Gasteiger partial charge in [-0.2, -0.15) is 0 Å². The van der Waals surface area contributed by atoms with Gasteiger partial charge in [0.05, 0.1) is 0 Å². The summed E-state index contributed by atoms with van der Waals surface area (Å²) in [6, 6.07) is 26.2. The first-order valence-electron chi connectivity index (χ1n) is 12.5. The molecule has 0 spiro atoms. The van der Waals surface area contributed by atoms with E-state index in [-0.39, 0.29) is 25.6 Å². The normalized spacial score (nSPS) is 13.0. The van der Waals surface area contributed by atoms with Gasteiger partial charge in [-0.25, -0.2) is 9.59 Å². The van der Waals surface area contributed by atoms with Crippen LogP contribution in [0.15, 0.2) is 91.0 Å². The molecule has 37 heavy (non-hydrogen) atoms. The zero-order valence-corrected chi connectivity index (χ0v) is 21.3. The molecule has 2 amide bonds. The molecule has 194 valence electrons. The minimum atomic E-state index is -0.924. The molecule has 0 bridgehead atoms. The van der Waals surface area contributed by atoms with E-state index >= 15 is 0 Å². The fourth-order valence-electron chi connectivity index (χ4n) is 3.73. The molecule has 3 atom stereocenters. The number of hydrogen-bond acceptors (Lipinski definition) is 5. The van der Waals surface area contributed by atoms with Crippen LogP contribution in [0.5, 0.6) is 0 Å². The van der Waals surface area contributed by atoms with Gasteiger partial charge < -0.3 is 20.1 Å². The number of carbonyl (C=O) groups excluding carboxylic acids is 3. The summed E-state index contributed by atoms with van der Waals surface area (Å²) in [6.07, 6.45) is 0.195. The maximum absolute atomic E-state index is 13.3. The van der Waals surface area contributed by atoms with Crippen molar-refractivity contribution in [2.24, 2.45) is 5.92 Å². The highest BCUT2D eigenvalue weighted by atomic mass is 16.5. The van der Waals surface area contributed by atoms with Gasteiger partial charge in [-0.15, -0.1) is 0 Å². The van der Waals surface area contributed by atoms with Gasteiger partial charge in [0.25, 0.3) is 0 Å². The number of rotatable bonds is 12. The number of esters is 1. The molecule has 0 aromatic heterocycles. The lowest BCUT2D eigenvalue weighted by Crippen LogP contribution is -2.54. The standard InChI is InChI=1S/C30H34N2O5/c1-3-22(2)27(32-30(35)37-21-25-17-11-6-12-18-25)28(33)31-26(19-23-13-7-4-8-14-23)29(34)36-20-24-15-9-5-10-16-24/h4-18,22,26-27H,3,19-21H2,1-2H3,(H,31,33)(H,32,35)/t22-,26+,27+/m1/s1. The van der Waals surface area contributed by atoms with Crippen molar-refractivity contribution < 1.29 is 23.9 Å². The first-order valence-corrected chi connectivity index (χ1v) is 12.5. The fourth-order valence-corrected chi connectivity index (χ4v) is 3.73. The van der Waals surface area contributed by atoms with Crippen molar-refractivity contribution in [1.82, 2.24) is 10.6 Å². The molecule has 0 saturated heterocycles. The molecule has 0 fully saturated rings. The van der Waals surface area contributed by atoms with Crippen molar-refractivity contribution in [2.75, 3.05) is 0 Å². The summed E-state index contributed by atoms with van der Waals surface area (Å²) < 4.78 is 10.9. The van der Waals surface area contributed by atoms with Crippen molar-refractivity contribution in [3.05, 3.63) is 108 Å². The van der Waals surface area contributed by atoms with Crippen LogP contribution in [0.1, 0.15) is 37.0 Å². The van der Waals surface area contributed by atoms with Crippen molar-refractivity contribution in [3.63, 3.8) is 0 Å². The van der Waals surface area contributed by atoms with E-state index in [1.165, 1.54) is 0 Å². The molecule has 7 nitrogen and oxygen atoms in total. The van der Waals surface area contributed by atoms with E-state index in [1.807, 2.05) is 105 Å². The Morgan fingerprint density at radius 3 is 1.70 bits per heavy atom. The summed E-state index contributed by atoms with van der Waals surface area (Å²) >= 11 is 0. The van der Waals surface area contributed by atoms with Gasteiger partial charge in [-0.3, -0.25) is 4.79 Å². The Hall–Kier alpha value is -4.13. The maximum atomic E-state index is 13.3. The molecule has 0 aliphatic heterocycles. The van der Waals surface area contributed by atoms with E-state index < -0.39 is 30.1 Å². The average Bonchev–Trinajstić information content (AvgIpc) is 2.94. The quantitative estimate of drug-likeness (QED) is 0.347. The second-order valence-electron chi connectivity index (χ2n) is 8.91. The van der Waals surface area contributed by atoms with Gasteiger partial charge in [-0.1, -0.05) is 111 Å². The zero-order chi connectivity index (χ0) is 26.5. The molecule has 0 unspecified atom stereocenters. The van der Waals surface area contributed by atoms with E-state index in [2.05, 4.69) is 10.6 Å². The van der Waals surface area contributed by atoms with Gasteiger partial charge in [0.2, 0.25) is 5.91 Å². The molecule has 3 aromatic rings.